The van der Waals surface area contributed by atoms with Gasteiger partial charge in [-0.1, -0.05) is 23.4 Å². The van der Waals surface area contributed by atoms with Crippen molar-refractivity contribution < 1.29 is 9.90 Å². The highest BCUT2D eigenvalue weighted by atomic mass is 35.5. The topological polar surface area (TPSA) is 62.2 Å². The average Bonchev–Trinajstić information content (AvgIpc) is 3.00. The van der Waals surface area contributed by atoms with E-state index in [1.165, 1.54) is 11.3 Å². The molecule has 0 aliphatic rings. The Labute approximate surface area is 131 Å². The molecule has 2 N–H and O–H groups in total. The molecule has 1 heterocycles. The lowest BCUT2D eigenvalue weighted by Gasteiger charge is -2.05. The second-order valence-corrected chi connectivity index (χ2v) is 5.50. The fourth-order valence-electron chi connectivity index (χ4n) is 1.57. The van der Waals surface area contributed by atoms with Gasteiger partial charge in [0.2, 0.25) is 0 Å². The summed E-state index contributed by atoms with van der Waals surface area (Å²) in [6, 6.07) is 4.97. The molecule has 1 amide bonds. The van der Waals surface area contributed by atoms with E-state index in [0.29, 0.717) is 29.1 Å². The van der Waals surface area contributed by atoms with Gasteiger partial charge in [0, 0.05) is 28.6 Å². The van der Waals surface area contributed by atoms with Crippen molar-refractivity contribution in [2.45, 2.75) is 13.0 Å². The molecule has 0 aliphatic carbocycles. The molecule has 108 valence electrons. The average molecular weight is 321 g/mol. The van der Waals surface area contributed by atoms with Crippen LogP contribution in [0, 0.1) is 11.8 Å². The van der Waals surface area contributed by atoms with Crippen LogP contribution in [0.3, 0.4) is 0 Å². The van der Waals surface area contributed by atoms with E-state index in [1.807, 2.05) is 0 Å². The normalized spacial score (nSPS) is 9.81. The third-order valence-corrected chi connectivity index (χ3v) is 3.69. The molecule has 0 atom stereocenters. The summed E-state index contributed by atoms with van der Waals surface area (Å²) >= 11 is 7.59. The van der Waals surface area contributed by atoms with Gasteiger partial charge in [0.25, 0.3) is 5.91 Å². The van der Waals surface area contributed by atoms with Gasteiger partial charge in [-0.15, -0.1) is 11.3 Å². The molecular weight excluding hydrogens is 308 g/mol. The number of carbonyl (C=O) groups excluding carboxylic acids is 1. The van der Waals surface area contributed by atoms with Gasteiger partial charge in [-0.2, -0.15) is 0 Å². The Kier molecular flexibility index (Phi) is 5.76. The summed E-state index contributed by atoms with van der Waals surface area (Å²) in [4.78, 5) is 16.9. The molecule has 0 saturated heterocycles. The van der Waals surface area contributed by atoms with Gasteiger partial charge in [-0.05, 0) is 18.2 Å². The zero-order valence-electron chi connectivity index (χ0n) is 11.1. The predicted molar refractivity (Wildman–Crippen MR) is 83.3 cm³/mol. The summed E-state index contributed by atoms with van der Waals surface area (Å²) in [6.07, 6.45) is 2.12. The molecule has 0 saturated carbocycles. The van der Waals surface area contributed by atoms with Crippen LogP contribution in [0.15, 0.2) is 29.9 Å². The zero-order valence-corrected chi connectivity index (χ0v) is 12.7. The molecule has 6 heteroatoms. The van der Waals surface area contributed by atoms with Gasteiger partial charge in [-0.25, -0.2) is 0 Å². The minimum atomic E-state index is -0.194. The van der Waals surface area contributed by atoms with E-state index < -0.39 is 0 Å². The van der Waals surface area contributed by atoms with Crippen molar-refractivity contribution in [1.82, 2.24) is 10.3 Å². The van der Waals surface area contributed by atoms with E-state index in [2.05, 4.69) is 22.1 Å². The summed E-state index contributed by atoms with van der Waals surface area (Å²) in [5.74, 6) is 5.45. The van der Waals surface area contributed by atoms with Gasteiger partial charge >= 0.3 is 0 Å². The summed E-state index contributed by atoms with van der Waals surface area (Å²) in [5.41, 5.74) is 2.85. The van der Waals surface area contributed by atoms with Crippen molar-refractivity contribution in [3.05, 3.63) is 50.9 Å². The van der Waals surface area contributed by atoms with E-state index in [1.54, 1.807) is 29.9 Å². The number of nitrogens with zero attached hydrogens (tertiary/aromatic N) is 1. The molecule has 2 rings (SSSR count). The first kappa shape index (κ1) is 15.5. The summed E-state index contributed by atoms with van der Waals surface area (Å²) in [6.45, 7) is 0.460. The maximum atomic E-state index is 12.0. The minimum Gasteiger partial charge on any atom is -0.395 e. The number of amides is 1. The van der Waals surface area contributed by atoms with Crippen molar-refractivity contribution in [3.8, 4) is 11.8 Å². The van der Waals surface area contributed by atoms with Gasteiger partial charge in [-0.3, -0.25) is 9.78 Å². The highest BCUT2D eigenvalue weighted by Crippen LogP contribution is 2.17. The lowest BCUT2D eigenvalue weighted by Crippen LogP contribution is -2.22. The SMILES string of the molecule is O=C(NCc1cncs1)c1ccc(C#CCCO)c(Cl)c1. The molecule has 0 radical (unpaired) electrons. The van der Waals surface area contributed by atoms with Crippen molar-refractivity contribution in [1.29, 1.82) is 0 Å². The van der Waals surface area contributed by atoms with Crippen LogP contribution in [-0.4, -0.2) is 22.6 Å². The smallest absolute Gasteiger partial charge is 0.251 e. The number of thiazole rings is 1. The number of benzene rings is 1. The molecule has 0 unspecified atom stereocenters. The monoisotopic (exact) mass is 320 g/mol. The van der Waals surface area contributed by atoms with E-state index >= 15 is 0 Å². The highest BCUT2D eigenvalue weighted by Gasteiger charge is 2.08. The van der Waals surface area contributed by atoms with Crippen molar-refractivity contribution in [2.24, 2.45) is 0 Å². The maximum absolute atomic E-state index is 12.0. The Balaban J connectivity index is 2.02. The molecule has 1 aromatic carbocycles. The Bertz CT molecular complexity index is 675. The second kappa shape index (κ2) is 7.79. The molecule has 4 nitrogen and oxygen atoms in total. The fraction of sp³-hybridized carbons (Fsp3) is 0.200. The summed E-state index contributed by atoms with van der Waals surface area (Å²) in [5, 5.41) is 11.9. The van der Waals surface area contributed by atoms with Crippen LogP contribution < -0.4 is 5.32 Å². The van der Waals surface area contributed by atoms with Gasteiger partial charge in [0.15, 0.2) is 0 Å². The first-order chi connectivity index (χ1) is 10.2. The Hall–Kier alpha value is -1.87. The van der Waals surface area contributed by atoms with Crippen LogP contribution in [0.5, 0.6) is 0 Å². The molecule has 0 spiro atoms. The van der Waals surface area contributed by atoms with Crippen LogP contribution >= 0.6 is 22.9 Å². The maximum Gasteiger partial charge on any atom is 0.251 e. The fourth-order valence-corrected chi connectivity index (χ4v) is 2.33. The lowest BCUT2D eigenvalue weighted by molar-refractivity contribution is 0.0951. The molecule has 0 bridgehead atoms. The number of nitrogens with one attached hydrogen (secondary N) is 1. The number of aliphatic hydroxyl groups is 1. The summed E-state index contributed by atoms with van der Waals surface area (Å²) < 4.78 is 0. The number of halogens is 1. The van der Waals surface area contributed by atoms with Gasteiger partial charge < -0.3 is 10.4 Å². The van der Waals surface area contributed by atoms with Crippen LogP contribution in [0.25, 0.3) is 0 Å². The number of hydrogen-bond acceptors (Lipinski definition) is 4. The minimum absolute atomic E-state index is 0.0166. The Morgan fingerprint density at radius 1 is 1.48 bits per heavy atom. The number of hydrogen-bond donors (Lipinski definition) is 2. The van der Waals surface area contributed by atoms with Crippen molar-refractivity contribution in [2.75, 3.05) is 6.61 Å². The second-order valence-electron chi connectivity index (χ2n) is 4.12. The van der Waals surface area contributed by atoms with Crippen LogP contribution in [0.1, 0.15) is 27.2 Å². The number of aliphatic hydroxyl groups excluding tert-OH is 1. The Morgan fingerprint density at radius 2 is 2.33 bits per heavy atom. The molecule has 0 fully saturated rings. The number of aromatic nitrogens is 1. The molecular formula is C15H13ClN2O2S. The van der Waals surface area contributed by atoms with Gasteiger partial charge in [0.1, 0.15) is 0 Å². The quantitative estimate of drug-likeness (QED) is 0.851. The summed E-state index contributed by atoms with van der Waals surface area (Å²) in [7, 11) is 0. The number of rotatable bonds is 4. The molecule has 2 aromatic rings. The van der Waals surface area contributed by atoms with Gasteiger partial charge in [0.05, 0.1) is 23.7 Å². The largest absolute Gasteiger partial charge is 0.395 e. The Morgan fingerprint density at radius 3 is 3.00 bits per heavy atom. The van der Waals surface area contributed by atoms with E-state index in [-0.39, 0.29) is 12.5 Å². The number of carbonyl (C=O) groups is 1. The highest BCUT2D eigenvalue weighted by molar-refractivity contribution is 7.09. The van der Waals surface area contributed by atoms with Crippen LogP contribution in [0.4, 0.5) is 0 Å². The first-order valence-corrected chi connectivity index (χ1v) is 7.51. The third-order valence-electron chi connectivity index (χ3n) is 2.60. The lowest BCUT2D eigenvalue weighted by atomic mass is 10.1. The van der Waals surface area contributed by atoms with Crippen molar-refractivity contribution in [3.63, 3.8) is 0 Å². The zero-order chi connectivity index (χ0) is 15.1. The van der Waals surface area contributed by atoms with E-state index in [0.717, 1.165) is 4.88 Å². The molecule has 1 aromatic heterocycles. The molecule has 21 heavy (non-hydrogen) atoms. The molecule has 0 aliphatic heterocycles. The first-order valence-electron chi connectivity index (χ1n) is 6.25. The standard InChI is InChI=1S/C15H13ClN2O2S/c16-14-7-12(5-4-11(14)3-1-2-6-19)15(20)18-9-13-8-17-10-21-13/h4-5,7-8,10,19H,2,6,9H2,(H,18,20). The van der Waals surface area contributed by atoms with E-state index in [4.69, 9.17) is 16.7 Å². The van der Waals surface area contributed by atoms with Crippen LogP contribution in [-0.2, 0) is 6.54 Å². The van der Waals surface area contributed by atoms with E-state index in [9.17, 15) is 4.79 Å². The predicted octanol–water partition coefficient (Wildman–Crippen LogP) is 2.46. The third kappa shape index (κ3) is 4.57. The van der Waals surface area contributed by atoms with Crippen molar-refractivity contribution >= 4 is 28.8 Å². The van der Waals surface area contributed by atoms with Crippen LogP contribution in [0.2, 0.25) is 5.02 Å².